The first-order valence-electron chi connectivity index (χ1n) is 16.1. The molecule has 7 rings (SSSR count). The van der Waals surface area contributed by atoms with E-state index in [0.717, 1.165) is 12.8 Å². The Balaban J connectivity index is 1.41. The Morgan fingerprint density at radius 2 is 1.00 bits per heavy atom. The molecule has 1 nitrogen and oxygen atoms in total. The molecule has 0 saturated heterocycles. The van der Waals surface area contributed by atoms with Crippen molar-refractivity contribution in [2.24, 2.45) is 5.41 Å². The predicted molar refractivity (Wildman–Crippen MR) is 194 cm³/mol. The number of halogens is 2. The second-order valence-corrected chi connectivity index (χ2v) is 24.7. The Kier molecular flexibility index (Phi) is 9.51. The van der Waals surface area contributed by atoms with Gasteiger partial charge in [0.25, 0.3) is 0 Å². The van der Waals surface area contributed by atoms with Crippen molar-refractivity contribution in [2.45, 2.75) is 35.4 Å². The topological polar surface area (TPSA) is 9.23 Å². The molecule has 0 N–H and O–H groups in total. The van der Waals surface area contributed by atoms with Crippen LogP contribution in [0.25, 0.3) is 12.2 Å². The van der Waals surface area contributed by atoms with Gasteiger partial charge in [-0.15, -0.1) is 0 Å². The van der Waals surface area contributed by atoms with Crippen LogP contribution < -0.4 is 15.6 Å². The summed E-state index contributed by atoms with van der Waals surface area (Å²) in [7, 11) is 11.6. The molecule has 46 heavy (non-hydrogen) atoms. The molecule has 0 heterocycles. The quantitative estimate of drug-likeness (QED) is 0.0971. The van der Waals surface area contributed by atoms with E-state index in [-0.39, 0.29) is 21.1 Å². The zero-order valence-electron chi connectivity index (χ0n) is 25.9. The average Bonchev–Trinajstić information content (AvgIpc) is 3.76. The number of rotatable bonds is 11. The number of hydrogen-bond donors (Lipinski definition) is 0. The molecule has 0 spiro atoms. The summed E-state index contributed by atoms with van der Waals surface area (Å²) in [5.41, 5.74) is 5.17. The summed E-state index contributed by atoms with van der Waals surface area (Å²) < 4.78 is 7.57. The van der Waals surface area contributed by atoms with Crippen molar-refractivity contribution >= 4 is 53.1 Å². The van der Waals surface area contributed by atoms with E-state index in [1.54, 1.807) is 0 Å². The van der Waals surface area contributed by atoms with E-state index in [1.165, 1.54) is 37.8 Å². The fourth-order valence-corrected chi connectivity index (χ4v) is 17.7. The van der Waals surface area contributed by atoms with Crippen molar-refractivity contribution in [3.05, 3.63) is 174 Å². The summed E-state index contributed by atoms with van der Waals surface area (Å²) in [4.78, 5) is 0. The van der Waals surface area contributed by atoms with E-state index in [0.29, 0.717) is 0 Å². The van der Waals surface area contributed by atoms with Crippen LogP contribution in [0.15, 0.2) is 152 Å². The van der Waals surface area contributed by atoms with Gasteiger partial charge in [-0.05, 0) is 0 Å². The zero-order chi connectivity index (χ0) is 31.6. The molecule has 2 aliphatic rings. The third-order valence-electron chi connectivity index (χ3n) is 10.2. The first-order chi connectivity index (χ1) is 22.6. The second kappa shape index (κ2) is 13.8. The maximum atomic E-state index is 7.82. The van der Waals surface area contributed by atoms with Crippen molar-refractivity contribution in [2.75, 3.05) is 0 Å². The van der Waals surface area contributed by atoms with Crippen molar-refractivity contribution in [1.29, 1.82) is 0 Å². The molecule has 229 valence electrons. The first kappa shape index (κ1) is 31.8. The van der Waals surface area contributed by atoms with Gasteiger partial charge in [-0.2, -0.15) is 0 Å². The molecule has 5 aromatic carbocycles. The van der Waals surface area contributed by atoms with Crippen molar-refractivity contribution in [3.63, 3.8) is 0 Å². The van der Waals surface area contributed by atoms with Crippen LogP contribution in [-0.2, 0) is 23.8 Å². The number of allylic oxidation sites excluding steroid dienone is 2. The SMILES string of the molecule is CCC(C[CH](O[Si](c1ccccc1)(c1ccccc1)c1ccccc1)[Zr]([Cl])[Cl])(C1C=Cc2ccccc21)C1C=Cc2ccccc21. The molecule has 5 heteroatoms. The van der Waals surface area contributed by atoms with Crippen molar-refractivity contribution in [1.82, 2.24) is 0 Å². The molecule has 3 atom stereocenters. The summed E-state index contributed by atoms with van der Waals surface area (Å²) >= 11 is -3.12. The normalized spacial score (nSPS) is 18.5. The summed E-state index contributed by atoms with van der Waals surface area (Å²) in [5.74, 6) is 0.413. The molecule has 2 aliphatic carbocycles. The van der Waals surface area contributed by atoms with Crippen LogP contribution in [0, 0.1) is 5.41 Å². The van der Waals surface area contributed by atoms with E-state index in [1.807, 2.05) is 0 Å². The number of fused-ring (bicyclic) bond motifs is 2. The molecule has 0 aromatic heterocycles. The molecule has 0 aliphatic heterocycles. The van der Waals surface area contributed by atoms with Crippen LogP contribution in [-0.4, -0.2) is 12.1 Å². The van der Waals surface area contributed by atoms with Gasteiger partial charge in [0.15, 0.2) is 0 Å². The molecule has 0 bridgehead atoms. The minimum atomic E-state index is -3.12. The van der Waals surface area contributed by atoms with Gasteiger partial charge in [-0.1, -0.05) is 0 Å². The number of hydrogen-bond acceptors (Lipinski definition) is 1. The molecule has 0 fully saturated rings. The molecule has 3 unspecified atom stereocenters. The summed E-state index contributed by atoms with van der Waals surface area (Å²) in [6.07, 6.45) is 11.2. The molecule has 0 saturated carbocycles. The Bertz CT molecular complexity index is 1680. The van der Waals surface area contributed by atoms with Crippen molar-refractivity contribution in [3.8, 4) is 0 Å². The third-order valence-corrected chi connectivity index (χ3v) is 19.7. The fourth-order valence-electron chi connectivity index (χ4n) is 7.98. The van der Waals surface area contributed by atoms with Crippen LogP contribution in [0.2, 0.25) is 0 Å². The summed E-state index contributed by atoms with van der Waals surface area (Å²) in [6.45, 7) is 2.35. The van der Waals surface area contributed by atoms with Gasteiger partial charge in [0.2, 0.25) is 0 Å². The maximum absolute atomic E-state index is 7.82. The predicted octanol–water partition coefficient (Wildman–Crippen LogP) is 9.33. The molecule has 5 aromatic rings. The Hall–Kier alpha value is -2.78. The first-order valence-corrected chi connectivity index (χ1v) is 25.8. The van der Waals surface area contributed by atoms with Gasteiger partial charge in [-0.3, -0.25) is 0 Å². The van der Waals surface area contributed by atoms with Crippen molar-refractivity contribution < 1.29 is 23.8 Å². The molecular formula is C41H37Cl2OSiZr. The number of benzene rings is 5. The van der Waals surface area contributed by atoms with E-state index in [4.69, 9.17) is 21.5 Å². The Morgan fingerprint density at radius 1 is 0.609 bits per heavy atom. The van der Waals surface area contributed by atoms with Crippen LogP contribution in [0.5, 0.6) is 0 Å². The molecule has 0 radical (unpaired) electrons. The van der Waals surface area contributed by atoms with Gasteiger partial charge in [0, 0.05) is 0 Å². The molecule has 0 amide bonds. The summed E-state index contributed by atoms with van der Waals surface area (Å²) in [5, 5.41) is 3.61. The van der Waals surface area contributed by atoms with Crippen LogP contribution in [0.1, 0.15) is 53.9 Å². The van der Waals surface area contributed by atoms with E-state index >= 15 is 0 Å². The van der Waals surface area contributed by atoms with E-state index < -0.39 is 27.7 Å². The van der Waals surface area contributed by atoms with E-state index in [9.17, 15) is 0 Å². The monoisotopic (exact) mass is 733 g/mol. The van der Waals surface area contributed by atoms with Gasteiger partial charge in [-0.25, -0.2) is 0 Å². The van der Waals surface area contributed by atoms with Crippen LogP contribution in [0.4, 0.5) is 0 Å². The van der Waals surface area contributed by atoms with Crippen LogP contribution >= 0.6 is 17.0 Å². The zero-order valence-corrected chi connectivity index (χ0v) is 30.9. The Labute approximate surface area is 289 Å². The molecular weight excluding hydrogens is 699 g/mol. The Morgan fingerprint density at radius 3 is 1.39 bits per heavy atom. The minimum absolute atomic E-state index is 0.198. The summed E-state index contributed by atoms with van der Waals surface area (Å²) in [6, 6.07) is 50.1. The van der Waals surface area contributed by atoms with Gasteiger partial charge < -0.3 is 0 Å². The average molecular weight is 736 g/mol. The van der Waals surface area contributed by atoms with E-state index in [2.05, 4.69) is 171 Å². The third kappa shape index (κ3) is 5.69. The standard InChI is InChI=1S/C41H37OSi.2ClH.Zr/c1-2-41(39-28-26-32-16-12-14-24-37(32)39,40-29-27-33-17-13-15-25-38(33)40)30-31-42-43(34-18-6-3-7-19-34,35-20-8-4-9-21-35)36-22-10-5-11-23-36;;;/h3-29,31,39-40H,2,30H2,1H3;2*1H;/q;;;+2/p-2. The second-order valence-electron chi connectivity index (χ2n) is 12.4. The fraction of sp³-hybridized carbons (Fsp3) is 0.171. The van der Waals surface area contributed by atoms with Gasteiger partial charge >= 0.3 is 292 Å². The van der Waals surface area contributed by atoms with Crippen LogP contribution in [0.3, 0.4) is 0 Å². The van der Waals surface area contributed by atoms with Gasteiger partial charge in [0.05, 0.1) is 0 Å². The van der Waals surface area contributed by atoms with Gasteiger partial charge in [0.1, 0.15) is 0 Å².